The van der Waals surface area contributed by atoms with Gasteiger partial charge in [0.15, 0.2) is 6.10 Å². The third-order valence-corrected chi connectivity index (χ3v) is 4.40. The molecule has 0 aliphatic carbocycles. The van der Waals surface area contributed by atoms with Gasteiger partial charge in [-0.25, -0.2) is 4.79 Å². The van der Waals surface area contributed by atoms with Crippen LogP contribution < -0.4 is 10.6 Å². The second-order valence-corrected chi connectivity index (χ2v) is 6.30. The average Bonchev–Trinajstić information content (AvgIpc) is 2.73. The van der Waals surface area contributed by atoms with Crippen molar-refractivity contribution in [3.8, 4) is 0 Å². The van der Waals surface area contributed by atoms with E-state index in [9.17, 15) is 19.7 Å². The van der Waals surface area contributed by atoms with Crippen molar-refractivity contribution in [2.45, 2.75) is 13.0 Å². The summed E-state index contributed by atoms with van der Waals surface area (Å²) < 4.78 is 5.20. The van der Waals surface area contributed by atoms with Crippen molar-refractivity contribution in [3.63, 3.8) is 0 Å². The van der Waals surface area contributed by atoms with Crippen molar-refractivity contribution in [2.75, 3.05) is 17.7 Å². The molecule has 3 aromatic carbocycles. The van der Waals surface area contributed by atoms with E-state index in [0.29, 0.717) is 5.69 Å². The second kappa shape index (κ2) is 8.39. The van der Waals surface area contributed by atoms with Crippen molar-refractivity contribution in [2.24, 2.45) is 0 Å². The molecule has 3 rings (SSSR count). The molecule has 0 aliphatic heterocycles. The number of hydrogen-bond donors (Lipinski definition) is 2. The van der Waals surface area contributed by atoms with Crippen LogP contribution in [0.4, 0.5) is 17.1 Å². The molecule has 0 aliphatic rings. The van der Waals surface area contributed by atoms with Gasteiger partial charge in [0.25, 0.3) is 11.6 Å². The number of esters is 1. The number of nitro benzene ring substituents is 1. The Morgan fingerprint density at radius 3 is 2.48 bits per heavy atom. The van der Waals surface area contributed by atoms with Gasteiger partial charge in [-0.05, 0) is 30.5 Å². The molecule has 0 aromatic heterocycles. The van der Waals surface area contributed by atoms with E-state index in [-0.39, 0.29) is 16.9 Å². The predicted octanol–water partition coefficient (Wildman–Crippen LogP) is 3.97. The molecule has 8 heteroatoms. The summed E-state index contributed by atoms with van der Waals surface area (Å²) in [5.41, 5.74) is 0.605. The number of anilines is 2. The van der Waals surface area contributed by atoms with Crippen LogP contribution in [0.3, 0.4) is 0 Å². The maximum Gasteiger partial charge on any atom is 0.339 e. The quantitative estimate of drug-likeness (QED) is 0.372. The Morgan fingerprint density at radius 1 is 1.03 bits per heavy atom. The largest absolute Gasteiger partial charge is 0.449 e. The number of nitro groups is 1. The van der Waals surface area contributed by atoms with Crippen LogP contribution in [0.2, 0.25) is 0 Å². The number of carbonyl (C=O) groups excluding carboxylic acids is 2. The van der Waals surface area contributed by atoms with Gasteiger partial charge in [-0.2, -0.15) is 0 Å². The minimum atomic E-state index is -1.09. The third-order valence-electron chi connectivity index (χ3n) is 4.40. The Morgan fingerprint density at radius 2 is 1.76 bits per heavy atom. The summed E-state index contributed by atoms with van der Waals surface area (Å²) in [7, 11) is 1.54. The lowest BCUT2D eigenvalue weighted by Gasteiger charge is -2.15. The number of ether oxygens (including phenoxy) is 1. The molecule has 0 fully saturated rings. The Balaban J connectivity index is 1.73. The molecule has 148 valence electrons. The Hall–Kier alpha value is -3.94. The number of carbonyl (C=O) groups is 2. The molecule has 0 bridgehead atoms. The van der Waals surface area contributed by atoms with Crippen molar-refractivity contribution in [1.82, 2.24) is 0 Å². The lowest BCUT2D eigenvalue weighted by Crippen LogP contribution is -2.30. The fourth-order valence-corrected chi connectivity index (χ4v) is 2.87. The fourth-order valence-electron chi connectivity index (χ4n) is 2.87. The maximum absolute atomic E-state index is 12.5. The number of hydrogen-bond acceptors (Lipinski definition) is 6. The highest BCUT2D eigenvalue weighted by atomic mass is 16.6. The van der Waals surface area contributed by atoms with Gasteiger partial charge in [-0.1, -0.05) is 36.4 Å². The zero-order valence-electron chi connectivity index (χ0n) is 15.8. The van der Waals surface area contributed by atoms with E-state index in [4.69, 9.17) is 4.74 Å². The number of amides is 1. The Labute approximate surface area is 166 Å². The molecule has 2 N–H and O–H groups in total. The van der Waals surface area contributed by atoms with Crippen LogP contribution in [-0.4, -0.2) is 30.0 Å². The summed E-state index contributed by atoms with van der Waals surface area (Å²) in [4.78, 5) is 35.4. The first-order valence-corrected chi connectivity index (χ1v) is 8.86. The molecule has 0 radical (unpaired) electrons. The van der Waals surface area contributed by atoms with Crippen LogP contribution in [-0.2, 0) is 9.53 Å². The standard InChI is InChI=1S/C21H19N3O5/c1-13(20(25)23-17-9-5-7-14-6-3-4-8-16(14)17)29-21(26)15-10-11-18(22-2)19(12-15)24(27)28/h3-13,22H,1-2H3,(H,23,25)/t13-/m1/s1. The van der Waals surface area contributed by atoms with E-state index in [1.807, 2.05) is 36.4 Å². The number of nitrogens with one attached hydrogen (secondary N) is 2. The maximum atomic E-state index is 12.5. The van der Waals surface area contributed by atoms with E-state index in [0.717, 1.165) is 16.8 Å². The summed E-state index contributed by atoms with van der Waals surface area (Å²) in [5.74, 6) is -1.33. The van der Waals surface area contributed by atoms with Crippen molar-refractivity contribution in [1.29, 1.82) is 0 Å². The second-order valence-electron chi connectivity index (χ2n) is 6.30. The average molecular weight is 393 g/mol. The molecular weight excluding hydrogens is 374 g/mol. The van der Waals surface area contributed by atoms with Crippen LogP contribution in [0.15, 0.2) is 60.7 Å². The summed E-state index contributed by atoms with van der Waals surface area (Å²) >= 11 is 0. The third kappa shape index (κ3) is 4.32. The van der Waals surface area contributed by atoms with Gasteiger partial charge in [-0.15, -0.1) is 0 Å². The molecule has 1 atom stereocenters. The summed E-state index contributed by atoms with van der Waals surface area (Å²) in [6.45, 7) is 1.44. The van der Waals surface area contributed by atoms with Crippen LogP contribution in [0.25, 0.3) is 10.8 Å². The number of fused-ring (bicyclic) bond motifs is 1. The molecule has 0 spiro atoms. The first-order chi connectivity index (χ1) is 13.9. The van der Waals surface area contributed by atoms with Crippen LogP contribution >= 0.6 is 0 Å². The van der Waals surface area contributed by atoms with Gasteiger partial charge in [-0.3, -0.25) is 14.9 Å². The molecule has 0 unspecified atom stereocenters. The highest BCUT2D eigenvalue weighted by Gasteiger charge is 2.22. The highest BCUT2D eigenvalue weighted by molar-refractivity contribution is 6.04. The van der Waals surface area contributed by atoms with E-state index in [1.165, 1.54) is 19.1 Å². The zero-order valence-corrected chi connectivity index (χ0v) is 15.8. The molecule has 3 aromatic rings. The lowest BCUT2D eigenvalue weighted by molar-refractivity contribution is -0.384. The minimum absolute atomic E-state index is 0.0134. The molecule has 0 saturated heterocycles. The SMILES string of the molecule is CNc1ccc(C(=O)O[C@H](C)C(=O)Nc2cccc3ccccc23)cc1[N+](=O)[O-]. The summed E-state index contributed by atoms with van der Waals surface area (Å²) in [6.07, 6.45) is -1.09. The number of benzene rings is 3. The van der Waals surface area contributed by atoms with Crippen LogP contribution in [0, 0.1) is 10.1 Å². The lowest BCUT2D eigenvalue weighted by atomic mass is 10.1. The van der Waals surface area contributed by atoms with Gasteiger partial charge >= 0.3 is 5.97 Å². The van der Waals surface area contributed by atoms with E-state index >= 15 is 0 Å². The smallest absolute Gasteiger partial charge is 0.339 e. The van der Waals surface area contributed by atoms with E-state index < -0.39 is 22.9 Å². The molecule has 0 heterocycles. The zero-order chi connectivity index (χ0) is 21.0. The van der Waals surface area contributed by atoms with Gasteiger partial charge in [0.2, 0.25) is 0 Å². The Kier molecular flexibility index (Phi) is 5.73. The van der Waals surface area contributed by atoms with E-state index in [2.05, 4.69) is 10.6 Å². The molecule has 0 saturated carbocycles. The van der Waals surface area contributed by atoms with Gasteiger partial charge in [0.1, 0.15) is 5.69 Å². The van der Waals surface area contributed by atoms with Crippen molar-refractivity contribution < 1.29 is 19.2 Å². The summed E-state index contributed by atoms with van der Waals surface area (Å²) in [5, 5.41) is 18.4. The summed E-state index contributed by atoms with van der Waals surface area (Å²) in [6, 6.07) is 17.0. The van der Waals surface area contributed by atoms with E-state index in [1.54, 1.807) is 13.1 Å². The highest BCUT2D eigenvalue weighted by Crippen LogP contribution is 2.26. The molecule has 1 amide bonds. The number of nitrogens with zero attached hydrogens (tertiary/aromatic N) is 1. The fraction of sp³-hybridized carbons (Fsp3) is 0.143. The van der Waals surface area contributed by atoms with Crippen LogP contribution in [0.1, 0.15) is 17.3 Å². The monoisotopic (exact) mass is 393 g/mol. The topological polar surface area (TPSA) is 111 Å². The first-order valence-electron chi connectivity index (χ1n) is 8.86. The molecular formula is C21H19N3O5. The normalized spacial score (nSPS) is 11.5. The Bertz CT molecular complexity index is 1090. The van der Waals surface area contributed by atoms with Gasteiger partial charge in [0.05, 0.1) is 10.5 Å². The minimum Gasteiger partial charge on any atom is -0.449 e. The molecule has 8 nitrogen and oxygen atoms in total. The molecule has 29 heavy (non-hydrogen) atoms. The van der Waals surface area contributed by atoms with Crippen molar-refractivity contribution >= 4 is 39.7 Å². The van der Waals surface area contributed by atoms with Gasteiger partial charge in [0, 0.05) is 24.2 Å². The van der Waals surface area contributed by atoms with Crippen molar-refractivity contribution in [3.05, 3.63) is 76.3 Å². The van der Waals surface area contributed by atoms with Gasteiger partial charge < -0.3 is 15.4 Å². The first kappa shape index (κ1) is 19.8. The number of rotatable bonds is 6. The predicted molar refractivity (Wildman–Crippen MR) is 110 cm³/mol. The van der Waals surface area contributed by atoms with Crippen LogP contribution in [0.5, 0.6) is 0 Å².